The van der Waals surface area contributed by atoms with E-state index in [4.69, 9.17) is 10.1 Å². The van der Waals surface area contributed by atoms with Crippen molar-refractivity contribution >= 4 is 22.3 Å². The molecule has 1 aliphatic heterocycles. The van der Waals surface area contributed by atoms with E-state index < -0.39 is 26.5 Å². The molecule has 1 saturated heterocycles. The van der Waals surface area contributed by atoms with Crippen LogP contribution in [0.4, 0.5) is 4.79 Å². The van der Waals surface area contributed by atoms with Gasteiger partial charge in [0, 0.05) is 12.8 Å². The Hall–Kier alpha value is -2.55. The number of allylic oxidation sites excluding steroid dienone is 1. The maximum atomic E-state index is 12.4. The average molecular weight is 364 g/mol. The van der Waals surface area contributed by atoms with Crippen molar-refractivity contribution in [3.63, 3.8) is 0 Å². The first kappa shape index (κ1) is 17.3. The number of urea groups is 1. The highest BCUT2D eigenvalue weighted by Gasteiger charge is 2.46. The molecule has 1 heterocycles. The number of amides is 2. The van der Waals surface area contributed by atoms with Gasteiger partial charge >= 0.3 is 6.03 Å². The lowest BCUT2D eigenvalue weighted by atomic mass is 10.1. The van der Waals surface area contributed by atoms with E-state index in [1.54, 1.807) is 0 Å². The van der Waals surface area contributed by atoms with Crippen molar-refractivity contribution in [3.05, 3.63) is 46.7 Å². The molecule has 1 aromatic carbocycles. The molecule has 2 amide bonds. The number of carbonyl (C=O) groups excluding carboxylic acids is 1. The van der Waals surface area contributed by atoms with Gasteiger partial charge in [-0.2, -0.15) is 0 Å². The fraction of sp³-hybridized carbons (Fsp3) is 0.375. The van der Waals surface area contributed by atoms with E-state index in [-0.39, 0.29) is 5.88 Å². The SMILES string of the molecule is N=C/C(=C1\NCCCO1)S(=O)(=O)NC(=O)NC1(c2ccccc2)CC1. The van der Waals surface area contributed by atoms with Crippen molar-refractivity contribution in [2.24, 2.45) is 0 Å². The molecule has 25 heavy (non-hydrogen) atoms. The van der Waals surface area contributed by atoms with Crippen LogP contribution in [0, 0.1) is 5.41 Å². The highest BCUT2D eigenvalue weighted by atomic mass is 32.2. The summed E-state index contributed by atoms with van der Waals surface area (Å²) >= 11 is 0. The number of rotatable bonds is 5. The molecule has 2 fully saturated rings. The number of nitrogens with one attached hydrogen (secondary N) is 4. The second kappa shape index (κ2) is 6.75. The van der Waals surface area contributed by atoms with Crippen LogP contribution in [-0.2, 0) is 20.3 Å². The lowest BCUT2D eigenvalue weighted by Crippen LogP contribution is -2.45. The quantitative estimate of drug-likeness (QED) is 0.584. The van der Waals surface area contributed by atoms with Crippen molar-refractivity contribution in [1.82, 2.24) is 15.4 Å². The maximum absolute atomic E-state index is 12.4. The van der Waals surface area contributed by atoms with E-state index in [9.17, 15) is 13.2 Å². The van der Waals surface area contributed by atoms with Crippen LogP contribution in [-0.4, -0.2) is 33.8 Å². The monoisotopic (exact) mass is 364 g/mol. The zero-order valence-electron chi connectivity index (χ0n) is 13.5. The van der Waals surface area contributed by atoms with E-state index in [1.165, 1.54) is 0 Å². The normalized spacial score (nSPS) is 20.5. The molecule has 0 atom stereocenters. The van der Waals surface area contributed by atoms with Gasteiger partial charge in [-0.25, -0.2) is 17.9 Å². The standard InChI is InChI=1S/C16H20N4O4S/c17-11-13(14-18-9-4-10-24-14)25(22,23)20-15(21)19-16(7-8-16)12-5-2-1-3-6-12/h1-3,5-6,11,17-18H,4,7-10H2,(H2,19,20,21)/b14-13-,17-11?. The summed E-state index contributed by atoms with van der Waals surface area (Å²) in [5.74, 6) is -0.00857. The second-order valence-electron chi connectivity index (χ2n) is 5.97. The first-order valence-corrected chi connectivity index (χ1v) is 9.47. The topological polar surface area (TPSA) is 120 Å². The van der Waals surface area contributed by atoms with Crippen molar-refractivity contribution in [3.8, 4) is 0 Å². The Morgan fingerprint density at radius 2 is 2.00 bits per heavy atom. The Bertz CT molecular complexity index is 793. The van der Waals surface area contributed by atoms with Crippen LogP contribution in [0.5, 0.6) is 0 Å². The van der Waals surface area contributed by atoms with E-state index in [0.717, 1.165) is 24.8 Å². The lowest BCUT2D eigenvalue weighted by Gasteiger charge is -2.21. The molecule has 2 aliphatic rings. The van der Waals surface area contributed by atoms with Gasteiger partial charge in [-0.3, -0.25) is 0 Å². The van der Waals surface area contributed by atoms with Gasteiger partial charge in [-0.1, -0.05) is 30.3 Å². The molecule has 0 bridgehead atoms. The largest absolute Gasteiger partial charge is 0.478 e. The predicted molar refractivity (Wildman–Crippen MR) is 92.3 cm³/mol. The van der Waals surface area contributed by atoms with Crippen LogP contribution in [0.25, 0.3) is 0 Å². The molecule has 0 spiro atoms. The van der Waals surface area contributed by atoms with Gasteiger partial charge in [-0.15, -0.1) is 0 Å². The minimum Gasteiger partial charge on any atom is -0.478 e. The molecular weight excluding hydrogens is 344 g/mol. The summed E-state index contributed by atoms with van der Waals surface area (Å²) in [5, 5.41) is 12.9. The van der Waals surface area contributed by atoms with Gasteiger partial charge in [0.15, 0.2) is 4.91 Å². The molecule has 1 saturated carbocycles. The lowest BCUT2D eigenvalue weighted by molar-refractivity contribution is 0.157. The van der Waals surface area contributed by atoms with E-state index >= 15 is 0 Å². The predicted octanol–water partition coefficient (Wildman–Crippen LogP) is 1.13. The highest BCUT2D eigenvalue weighted by Crippen LogP contribution is 2.45. The molecule has 1 aromatic rings. The molecular formula is C16H20N4O4S. The summed E-state index contributed by atoms with van der Waals surface area (Å²) in [6, 6.07) is 8.59. The van der Waals surface area contributed by atoms with E-state index in [2.05, 4.69) is 10.6 Å². The summed E-state index contributed by atoms with van der Waals surface area (Å²) in [6.45, 7) is 0.907. The van der Waals surface area contributed by atoms with Gasteiger partial charge in [0.1, 0.15) is 0 Å². The van der Waals surface area contributed by atoms with Crippen LogP contribution in [0.3, 0.4) is 0 Å². The molecule has 3 rings (SSSR count). The zero-order valence-corrected chi connectivity index (χ0v) is 14.4. The molecule has 0 aromatic heterocycles. The van der Waals surface area contributed by atoms with Crippen LogP contribution in [0.1, 0.15) is 24.8 Å². The number of hydrogen-bond acceptors (Lipinski definition) is 6. The smallest absolute Gasteiger partial charge is 0.329 e. The van der Waals surface area contributed by atoms with E-state index in [0.29, 0.717) is 19.4 Å². The Kier molecular flexibility index (Phi) is 4.67. The zero-order chi connectivity index (χ0) is 17.9. The third-order valence-corrected chi connectivity index (χ3v) is 5.49. The molecule has 0 unspecified atom stereocenters. The van der Waals surface area contributed by atoms with Gasteiger partial charge < -0.3 is 20.8 Å². The third kappa shape index (κ3) is 3.76. The molecule has 4 N–H and O–H groups in total. The van der Waals surface area contributed by atoms with Gasteiger partial charge in [-0.05, 0) is 24.8 Å². The van der Waals surface area contributed by atoms with Crippen molar-refractivity contribution < 1.29 is 17.9 Å². The average Bonchev–Trinajstić information content (AvgIpc) is 3.37. The summed E-state index contributed by atoms with van der Waals surface area (Å²) in [4.78, 5) is 11.8. The number of hydrogen-bond donors (Lipinski definition) is 4. The first-order chi connectivity index (χ1) is 12.0. The van der Waals surface area contributed by atoms with Crippen LogP contribution >= 0.6 is 0 Å². The third-order valence-electron chi connectivity index (χ3n) is 4.15. The van der Waals surface area contributed by atoms with E-state index in [1.807, 2.05) is 35.1 Å². The first-order valence-electron chi connectivity index (χ1n) is 7.99. The maximum Gasteiger partial charge on any atom is 0.329 e. The Balaban J connectivity index is 1.73. The summed E-state index contributed by atoms with van der Waals surface area (Å²) in [5.41, 5.74) is 0.406. The molecule has 8 nitrogen and oxygen atoms in total. The summed E-state index contributed by atoms with van der Waals surface area (Å²) in [6.07, 6.45) is 2.89. The van der Waals surface area contributed by atoms with Crippen LogP contribution < -0.4 is 15.4 Å². The Labute approximate surface area is 146 Å². The Morgan fingerprint density at radius 1 is 1.28 bits per heavy atom. The molecule has 1 aliphatic carbocycles. The van der Waals surface area contributed by atoms with Crippen molar-refractivity contribution in [2.75, 3.05) is 13.2 Å². The Morgan fingerprint density at radius 3 is 2.56 bits per heavy atom. The summed E-state index contributed by atoms with van der Waals surface area (Å²) in [7, 11) is -4.21. The summed E-state index contributed by atoms with van der Waals surface area (Å²) < 4.78 is 32.0. The molecule has 9 heteroatoms. The molecule has 134 valence electrons. The highest BCUT2D eigenvalue weighted by molar-refractivity contribution is 7.94. The van der Waals surface area contributed by atoms with Crippen LogP contribution in [0.2, 0.25) is 0 Å². The van der Waals surface area contributed by atoms with Gasteiger partial charge in [0.2, 0.25) is 5.88 Å². The van der Waals surface area contributed by atoms with Crippen molar-refractivity contribution in [1.29, 1.82) is 5.41 Å². The fourth-order valence-corrected chi connectivity index (χ4v) is 3.65. The van der Waals surface area contributed by atoms with Gasteiger partial charge in [0.25, 0.3) is 10.0 Å². The number of sulfonamides is 1. The second-order valence-corrected chi connectivity index (χ2v) is 7.63. The minimum atomic E-state index is -4.21. The molecule has 0 radical (unpaired) electrons. The minimum absolute atomic E-state index is 0.00857. The van der Waals surface area contributed by atoms with Crippen molar-refractivity contribution in [2.45, 2.75) is 24.8 Å². The van der Waals surface area contributed by atoms with Crippen LogP contribution in [0.15, 0.2) is 41.1 Å². The fourth-order valence-electron chi connectivity index (χ4n) is 2.71. The number of ether oxygens (including phenoxy) is 1. The number of benzene rings is 1. The number of carbonyl (C=O) groups is 1. The van der Waals surface area contributed by atoms with Gasteiger partial charge in [0.05, 0.1) is 12.1 Å².